The molecule has 0 N–H and O–H groups in total. The molecule has 4 nitrogen and oxygen atoms in total. The summed E-state index contributed by atoms with van der Waals surface area (Å²) < 4.78 is 0. The third-order valence-corrected chi connectivity index (χ3v) is 5.82. The van der Waals surface area contributed by atoms with E-state index in [2.05, 4.69) is 46.8 Å². The molecule has 0 bridgehead atoms. The predicted octanol–water partition coefficient (Wildman–Crippen LogP) is 3.63. The molecule has 5 heteroatoms. The Hall–Kier alpha value is -1.98. The van der Waals surface area contributed by atoms with E-state index in [1.54, 1.807) is 11.3 Å². The van der Waals surface area contributed by atoms with Gasteiger partial charge in [0.15, 0.2) is 0 Å². The van der Waals surface area contributed by atoms with Crippen molar-refractivity contribution in [2.24, 2.45) is 0 Å². The van der Waals surface area contributed by atoms with Gasteiger partial charge >= 0.3 is 0 Å². The number of anilines is 1. The maximum Gasteiger partial charge on any atom is 0.143 e. The fourth-order valence-corrected chi connectivity index (χ4v) is 4.24. The number of aromatic nitrogens is 2. The molecule has 1 fully saturated rings. The van der Waals surface area contributed by atoms with Crippen LogP contribution in [-0.4, -0.2) is 41.0 Å². The van der Waals surface area contributed by atoms with Gasteiger partial charge in [-0.1, -0.05) is 23.5 Å². The van der Waals surface area contributed by atoms with Crippen LogP contribution in [0.1, 0.15) is 16.1 Å². The number of fused-ring (bicyclic) bond motifs is 1. The van der Waals surface area contributed by atoms with Gasteiger partial charge in [-0.15, -0.1) is 0 Å². The molecule has 0 unspecified atom stereocenters. The average molecular weight is 338 g/mol. The molecule has 1 aliphatic heterocycles. The second-order valence-electron chi connectivity index (χ2n) is 6.42. The van der Waals surface area contributed by atoms with Crippen LogP contribution < -0.4 is 4.90 Å². The summed E-state index contributed by atoms with van der Waals surface area (Å²) in [5, 5.41) is 1.17. The molecule has 4 rings (SSSR count). The Labute approximate surface area is 146 Å². The smallest absolute Gasteiger partial charge is 0.143 e. The lowest BCUT2D eigenvalue weighted by atomic mass is 10.1. The first-order valence-corrected chi connectivity index (χ1v) is 9.26. The summed E-state index contributed by atoms with van der Waals surface area (Å²) in [4.78, 5) is 15.2. The van der Waals surface area contributed by atoms with Crippen LogP contribution >= 0.6 is 11.3 Å². The summed E-state index contributed by atoms with van der Waals surface area (Å²) in [6.07, 6.45) is 1.84. The van der Waals surface area contributed by atoms with Crippen molar-refractivity contribution in [3.63, 3.8) is 0 Å². The van der Waals surface area contributed by atoms with Gasteiger partial charge in [-0.05, 0) is 43.2 Å². The fraction of sp³-hybridized carbons (Fsp3) is 0.368. The van der Waals surface area contributed by atoms with Crippen LogP contribution in [-0.2, 0) is 6.54 Å². The zero-order valence-electron chi connectivity index (χ0n) is 14.2. The normalized spacial score (nSPS) is 16.0. The maximum absolute atomic E-state index is 4.71. The summed E-state index contributed by atoms with van der Waals surface area (Å²) in [5.41, 5.74) is 5.19. The van der Waals surface area contributed by atoms with Crippen LogP contribution in [0, 0.1) is 13.8 Å². The highest BCUT2D eigenvalue weighted by Gasteiger charge is 2.20. The first-order chi connectivity index (χ1) is 11.7. The Morgan fingerprint density at radius 1 is 1.04 bits per heavy atom. The van der Waals surface area contributed by atoms with Gasteiger partial charge in [0.05, 0.1) is 6.54 Å². The van der Waals surface area contributed by atoms with Gasteiger partial charge in [0.1, 0.15) is 15.4 Å². The van der Waals surface area contributed by atoms with Crippen LogP contribution in [0.4, 0.5) is 5.69 Å². The van der Waals surface area contributed by atoms with E-state index in [1.807, 2.05) is 18.3 Å². The topological polar surface area (TPSA) is 32.3 Å². The van der Waals surface area contributed by atoms with E-state index in [4.69, 9.17) is 4.98 Å². The van der Waals surface area contributed by atoms with E-state index in [0.29, 0.717) is 0 Å². The van der Waals surface area contributed by atoms with E-state index >= 15 is 0 Å². The molecule has 3 aromatic rings. The Balaban J connectivity index is 1.41. The van der Waals surface area contributed by atoms with Gasteiger partial charge < -0.3 is 4.90 Å². The molecule has 0 atom stereocenters. The summed E-state index contributed by atoms with van der Waals surface area (Å²) in [6.45, 7) is 9.66. The van der Waals surface area contributed by atoms with Gasteiger partial charge in [0.2, 0.25) is 0 Å². The van der Waals surface area contributed by atoms with Crippen molar-refractivity contribution in [3.05, 3.63) is 52.7 Å². The lowest BCUT2D eigenvalue weighted by Crippen LogP contribution is -2.46. The Bertz CT molecular complexity index is 816. The Kier molecular flexibility index (Phi) is 4.21. The van der Waals surface area contributed by atoms with Crippen molar-refractivity contribution >= 4 is 27.4 Å². The summed E-state index contributed by atoms with van der Waals surface area (Å²) in [7, 11) is 0. The third kappa shape index (κ3) is 3.01. The maximum atomic E-state index is 4.71. The third-order valence-electron chi connectivity index (χ3n) is 4.86. The van der Waals surface area contributed by atoms with Crippen molar-refractivity contribution in [3.8, 4) is 0 Å². The van der Waals surface area contributed by atoms with E-state index in [9.17, 15) is 0 Å². The van der Waals surface area contributed by atoms with Crippen molar-refractivity contribution in [1.82, 2.24) is 14.9 Å². The Morgan fingerprint density at radius 2 is 1.88 bits per heavy atom. The van der Waals surface area contributed by atoms with E-state index < -0.39 is 0 Å². The largest absolute Gasteiger partial charge is 0.369 e. The molecule has 3 heterocycles. The number of nitrogens with zero attached hydrogens (tertiary/aromatic N) is 4. The van der Waals surface area contributed by atoms with Gasteiger partial charge in [-0.2, -0.15) is 0 Å². The molecule has 0 radical (unpaired) electrons. The molecule has 1 aliphatic rings. The minimum absolute atomic E-state index is 0.932. The fourth-order valence-electron chi connectivity index (χ4n) is 3.30. The second kappa shape index (κ2) is 6.49. The number of aryl methyl sites for hydroxylation is 1. The number of rotatable bonds is 3. The van der Waals surface area contributed by atoms with Crippen LogP contribution in [0.25, 0.3) is 10.3 Å². The molecule has 24 heavy (non-hydrogen) atoms. The van der Waals surface area contributed by atoms with Crippen molar-refractivity contribution in [2.45, 2.75) is 20.4 Å². The Morgan fingerprint density at radius 3 is 2.67 bits per heavy atom. The molecular weight excluding hydrogens is 316 g/mol. The quantitative estimate of drug-likeness (QED) is 0.730. The van der Waals surface area contributed by atoms with Gasteiger partial charge in [0, 0.05) is 38.1 Å². The number of benzene rings is 1. The van der Waals surface area contributed by atoms with Crippen LogP contribution in [0.15, 0.2) is 36.5 Å². The number of thiazole rings is 1. The standard InChI is InChI=1S/C19H22N4S/c1-14-5-3-7-17(15(14)2)23-11-9-22(10-12-23)13-18-21-16-6-4-8-20-19(16)24-18/h3-8H,9-13H2,1-2H3. The molecule has 0 aliphatic carbocycles. The van der Waals surface area contributed by atoms with Crippen molar-refractivity contribution in [2.75, 3.05) is 31.1 Å². The monoisotopic (exact) mass is 338 g/mol. The number of pyridine rings is 1. The molecule has 0 spiro atoms. The predicted molar refractivity (Wildman–Crippen MR) is 101 cm³/mol. The minimum atomic E-state index is 0.932. The first-order valence-electron chi connectivity index (χ1n) is 8.44. The first kappa shape index (κ1) is 15.5. The molecule has 124 valence electrons. The zero-order chi connectivity index (χ0) is 16.5. The zero-order valence-corrected chi connectivity index (χ0v) is 15.0. The van der Waals surface area contributed by atoms with E-state index in [-0.39, 0.29) is 0 Å². The molecule has 1 aromatic carbocycles. The van der Waals surface area contributed by atoms with Crippen LogP contribution in [0.5, 0.6) is 0 Å². The molecule has 0 amide bonds. The van der Waals surface area contributed by atoms with Gasteiger partial charge in [0.25, 0.3) is 0 Å². The highest BCUT2D eigenvalue weighted by molar-refractivity contribution is 7.18. The summed E-state index contributed by atoms with van der Waals surface area (Å²) in [5.74, 6) is 0. The highest BCUT2D eigenvalue weighted by atomic mass is 32.1. The highest BCUT2D eigenvalue weighted by Crippen LogP contribution is 2.25. The summed E-state index contributed by atoms with van der Waals surface area (Å²) >= 11 is 1.72. The molecular formula is C19H22N4S. The van der Waals surface area contributed by atoms with E-state index in [1.165, 1.54) is 21.8 Å². The molecule has 0 saturated carbocycles. The number of piperazine rings is 1. The number of hydrogen-bond acceptors (Lipinski definition) is 5. The van der Waals surface area contributed by atoms with Gasteiger partial charge in [-0.3, -0.25) is 4.90 Å². The average Bonchev–Trinajstić information content (AvgIpc) is 3.00. The van der Waals surface area contributed by atoms with Crippen molar-refractivity contribution < 1.29 is 0 Å². The minimum Gasteiger partial charge on any atom is -0.369 e. The van der Waals surface area contributed by atoms with E-state index in [0.717, 1.165) is 43.1 Å². The van der Waals surface area contributed by atoms with Crippen molar-refractivity contribution in [1.29, 1.82) is 0 Å². The molecule has 1 saturated heterocycles. The van der Waals surface area contributed by atoms with Crippen LogP contribution in [0.3, 0.4) is 0 Å². The lowest BCUT2D eigenvalue weighted by molar-refractivity contribution is 0.249. The SMILES string of the molecule is Cc1cccc(N2CCN(Cc3nc4cccnc4s3)CC2)c1C. The lowest BCUT2D eigenvalue weighted by Gasteiger charge is -2.36. The summed E-state index contributed by atoms with van der Waals surface area (Å²) in [6, 6.07) is 10.6. The second-order valence-corrected chi connectivity index (χ2v) is 7.48. The van der Waals surface area contributed by atoms with Crippen LogP contribution in [0.2, 0.25) is 0 Å². The molecule has 2 aromatic heterocycles. The van der Waals surface area contributed by atoms with Gasteiger partial charge in [-0.25, -0.2) is 9.97 Å². The number of hydrogen-bond donors (Lipinski definition) is 0.